The van der Waals surface area contributed by atoms with Crippen molar-refractivity contribution < 1.29 is 19.8 Å². The van der Waals surface area contributed by atoms with E-state index in [-0.39, 0.29) is 31.1 Å². The Hall–Kier alpha value is -3.21. The third-order valence-electron chi connectivity index (χ3n) is 6.89. The van der Waals surface area contributed by atoms with E-state index in [4.69, 9.17) is 21.8 Å². The van der Waals surface area contributed by atoms with E-state index in [1.165, 1.54) is 38.3 Å². The fourth-order valence-electron chi connectivity index (χ4n) is 5.06. The first-order valence-electron chi connectivity index (χ1n) is 12.7. The maximum absolute atomic E-state index is 13.2. The summed E-state index contributed by atoms with van der Waals surface area (Å²) in [7, 11) is 1.93. The number of fused-ring (bicyclic) bond motifs is 1. The lowest BCUT2D eigenvalue weighted by Gasteiger charge is -2.22. The van der Waals surface area contributed by atoms with Crippen molar-refractivity contribution in [3.05, 3.63) is 63.9 Å². The summed E-state index contributed by atoms with van der Waals surface area (Å²) in [6, 6.07) is 11.0. The molecule has 1 unspecified atom stereocenters. The van der Waals surface area contributed by atoms with Crippen LogP contribution >= 0.6 is 11.6 Å². The van der Waals surface area contributed by atoms with Gasteiger partial charge in [-0.3, -0.25) is 9.59 Å². The van der Waals surface area contributed by atoms with E-state index in [1.807, 2.05) is 23.7 Å². The van der Waals surface area contributed by atoms with Gasteiger partial charge in [-0.15, -0.1) is 0 Å². The van der Waals surface area contributed by atoms with Gasteiger partial charge in [-0.2, -0.15) is 5.26 Å². The predicted octanol–water partition coefficient (Wildman–Crippen LogP) is 6.08. The number of nitriles is 1. The van der Waals surface area contributed by atoms with Crippen molar-refractivity contribution in [2.75, 3.05) is 0 Å². The number of aliphatic hydroxyl groups is 1. The van der Waals surface area contributed by atoms with Crippen LogP contribution in [0.2, 0.25) is 5.02 Å². The molecule has 0 bridgehead atoms. The highest BCUT2D eigenvalue weighted by atomic mass is 35.5. The summed E-state index contributed by atoms with van der Waals surface area (Å²) in [5.41, 5.74) is 3.58. The van der Waals surface area contributed by atoms with Gasteiger partial charge < -0.3 is 14.8 Å². The molecule has 0 spiro atoms. The zero-order valence-electron chi connectivity index (χ0n) is 21.4. The number of aryl methyl sites for hydroxylation is 1. The summed E-state index contributed by atoms with van der Waals surface area (Å²) in [6.45, 7) is 1.84. The van der Waals surface area contributed by atoms with Gasteiger partial charge in [-0.1, -0.05) is 62.8 Å². The molecule has 1 aliphatic rings. The number of pyridine rings is 1. The molecule has 4 rings (SSSR count). The fraction of sp³-hybridized carbons (Fsp3) is 0.448. The summed E-state index contributed by atoms with van der Waals surface area (Å²) < 4.78 is 1.99. The smallest absolute Gasteiger partial charge is 0.303 e. The summed E-state index contributed by atoms with van der Waals surface area (Å²) in [5, 5.41) is 28.3. The van der Waals surface area contributed by atoms with Crippen LogP contribution in [0.1, 0.15) is 79.0 Å². The number of halogens is 1. The Morgan fingerprint density at radius 1 is 1.22 bits per heavy atom. The van der Waals surface area contributed by atoms with E-state index in [2.05, 4.69) is 11.1 Å². The molecule has 1 atom stereocenters. The highest BCUT2D eigenvalue weighted by Crippen LogP contribution is 2.33. The zero-order valence-corrected chi connectivity index (χ0v) is 22.2. The predicted molar refractivity (Wildman–Crippen MR) is 143 cm³/mol. The summed E-state index contributed by atoms with van der Waals surface area (Å²) in [5.74, 6) is -0.638. The van der Waals surface area contributed by atoms with Crippen molar-refractivity contribution in [2.45, 2.75) is 64.9 Å². The van der Waals surface area contributed by atoms with E-state index in [0.29, 0.717) is 33.1 Å². The van der Waals surface area contributed by atoms with Crippen LogP contribution in [0.25, 0.3) is 11.0 Å². The van der Waals surface area contributed by atoms with Crippen molar-refractivity contribution >= 4 is 34.4 Å². The molecule has 1 saturated carbocycles. The molecule has 196 valence electrons. The Balaban J connectivity index is 0.000000356. The molecule has 2 N–H and O–H groups in total. The number of aliphatic carboxylic acids is 1. The van der Waals surface area contributed by atoms with E-state index in [9.17, 15) is 14.9 Å². The minimum absolute atomic E-state index is 0.0316. The second kappa shape index (κ2) is 13.4. The van der Waals surface area contributed by atoms with Gasteiger partial charge in [0.05, 0.1) is 12.2 Å². The molecule has 1 aromatic carbocycles. The number of carboxylic acid groups (broad SMARTS) is 1. The topological polar surface area (TPSA) is 116 Å². The lowest BCUT2D eigenvalue weighted by atomic mass is 9.84. The number of ketones is 1. The number of carbonyl (C=O) groups excluding carboxylic acids is 1. The average molecular weight is 524 g/mol. The van der Waals surface area contributed by atoms with Gasteiger partial charge >= 0.3 is 5.97 Å². The molecular weight excluding hydrogens is 490 g/mol. The van der Waals surface area contributed by atoms with Gasteiger partial charge in [0.15, 0.2) is 5.78 Å². The first-order valence-corrected chi connectivity index (χ1v) is 13.1. The maximum atomic E-state index is 13.2. The van der Waals surface area contributed by atoms with Crippen LogP contribution in [0.4, 0.5) is 0 Å². The molecular formula is C29H34ClN3O4. The number of benzene rings is 1. The molecule has 8 heteroatoms. The molecule has 7 nitrogen and oxygen atoms in total. The highest BCUT2D eigenvalue weighted by Gasteiger charge is 2.26. The number of hydrogen-bond acceptors (Lipinski definition) is 5. The minimum Gasteiger partial charge on any atom is -0.481 e. The average Bonchev–Trinajstić information content (AvgIpc) is 3.15. The number of aromatic nitrogens is 2. The Bertz CT molecular complexity index is 1290. The monoisotopic (exact) mass is 523 g/mol. The lowest BCUT2D eigenvalue weighted by molar-refractivity contribution is -0.137. The van der Waals surface area contributed by atoms with Gasteiger partial charge in [-0.25, -0.2) is 4.98 Å². The molecule has 2 heterocycles. The molecule has 0 aliphatic heterocycles. The Labute approximate surface area is 222 Å². The van der Waals surface area contributed by atoms with Crippen LogP contribution < -0.4 is 0 Å². The third kappa shape index (κ3) is 7.64. The number of carboxylic acids is 1. The van der Waals surface area contributed by atoms with Gasteiger partial charge in [0.25, 0.3) is 0 Å². The van der Waals surface area contributed by atoms with Crippen molar-refractivity contribution in [1.29, 1.82) is 5.26 Å². The molecule has 1 aliphatic carbocycles. The first kappa shape index (κ1) is 28.4. The minimum atomic E-state index is -0.894. The molecule has 3 aromatic rings. The van der Waals surface area contributed by atoms with Crippen LogP contribution in [-0.2, 0) is 24.9 Å². The maximum Gasteiger partial charge on any atom is 0.303 e. The number of Topliss-reactive ketones (excluding diaryl/α,β-unsaturated/α-hetero) is 1. The number of carbonyl (C=O) groups is 2. The second-order valence-electron chi connectivity index (χ2n) is 9.91. The molecule has 2 aromatic heterocycles. The number of hydrogen-bond donors (Lipinski definition) is 2. The van der Waals surface area contributed by atoms with Gasteiger partial charge in [0.2, 0.25) is 0 Å². The molecule has 37 heavy (non-hydrogen) atoms. The highest BCUT2D eigenvalue weighted by molar-refractivity contribution is 6.30. The van der Waals surface area contributed by atoms with Crippen molar-refractivity contribution in [3.8, 4) is 6.07 Å². The first-order chi connectivity index (χ1) is 17.7. The standard InChI is InChI=1S/C22H27N3O3.C7H7ClO/c1-14(9-20(27)28)8-19(26)21-17-10-16(12-23)13-24-22(17)25(2)18(21)11-15-6-4-3-5-7-15;8-7-3-1-2-6(4-7)5-9/h10,13-15H,3-9,11H2,1-2H3,(H,27,28);1-4,9H,5H2. The molecule has 0 radical (unpaired) electrons. The van der Waals surface area contributed by atoms with Crippen LogP contribution in [0, 0.1) is 23.2 Å². The zero-order chi connectivity index (χ0) is 26.9. The quantitative estimate of drug-likeness (QED) is 0.345. The van der Waals surface area contributed by atoms with Gasteiger partial charge in [-0.05, 0) is 42.0 Å². The van der Waals surface area contributed by atoms with Crippen molar-refractivity contribution in [1.82, 2.24) is 9.55 Å². The van der Waals surface area contributed by atoms with E-state index in [1.54, 1.807) is 25.1 Å². The van der Waals surface area contributed by atoms with Crippen LogP contribution in [0.5, 0.6) is 0 Å². The Morgan fingerprint density at radius 2 is 1.95 bits per heavy atom. The number of aliphatic hydroxyl groups excluding tert-OH is 1. The van der Waals surface area contributed by atoms with E-state index < -0.39 is 5.97 Å². The second-order valence-corrected chi connectivity index (χ2v) is 10.4. The van der Waals surface area contributed by atoms with Crippen LogP contribution in [0.3, 0.4) is 0 Å². The SMILES string of the molecule is CC(CC(=O)O)CC(=O)c1c(CC2CCCCC2)n(C)c2ncc(C#N)cc12.OCc1cccc(Cl)c1. The molecule has 0 amide bonds. The van der Waals surface area contributed by atoms with Crippen LogP contribution in [0.15, 0.2) is 36.5 Å². The lowest BCUT2D eigenvalue weighted by Crippen LogP contribution is -2.16. The van der Waals surface area contributed by atoms with Crippen LogP contribution in [-0.4, -0.2) is 31.5 Å². The van der Waals surface area contributed by atoms with Crippen molar-refractivity contribution in [2.24, 2.45) is 18.9 Å². The van der Waals surface area contributed by atoms with Crippen molar-refractivity contribution in [3.63, 3.8) is 0 Å². The third-order valence-corrected chi connectivity index (χ3v) is 7.13. The Kier molecular flexibility index (Phi) is 10.2. The van der Waals surface area contributed by atoms with E-state index >= 15 is 0 Å². The number of rotatable bonds is 8. The van der Waals surface area contributed by atoms with Gasteiger partial charge in [0, 0.05) is 47.8 Å². The fourth-order valence-corrected chi connectivity index (χ4v) is 5.27. The van der Waals surface area contributed by atoms with Gasteiger partial charge in [0.1, 0.15) is 11.7 Å². The number of nitrogens with zero attached hydrogens (tertiary/aromatic N) is 3. The normalized spacial score (nSPS) is 14.5. The summed E-state index contributed by atoms with van der Waals surface area (Å²) >= 11 is 5.61. The molecule has 0 saturated heterocycles. The Morgan fingerprint density at radius 3 is 2.54 bits per heavy atom. The summed E-state index contributed by atoms with van der Waals surface area (Å²) in [6.07, 6.45) is 8.57. The van der Waals surface area contributed by atoms with E-state index in [0.717, 1.165) is 17.7 Å². The largest absolute Gasteiger partial charge is 0.481 e. The molecule has 1 fully saturated rings. The summed E-state index contributed by atoms with van der Waals surface area (Å²) in [4.78, 5) is 28.6.